The van der Waals surface area contributed by atoms with E-state index in [4.69, 9.17) is 14.9 Å². The van der Waals surface area contributed by atoms with Gasteiger partial charge in [-0.05, 0) is 32.5 Å². The van der Waals surface area contributed by atoms with Gasteiger partial charge in [0.05, 0.1) is 12.8 Å². The number of methoxy groups -OCH3 is 1. The van der Waals surface area contributed by atoms with Crippen LogP contribution in [0.5, 0.6) is 5.75 Å². The van der Waals surface area contributed by atoms with Crippen LogP contribution >= 0.6 is 11.3 Å². The van der Waals surface area contributed by atoms with E-state index in [-0.39, 0.29) is 22.7 Å². The molecule has 2 aromatic rings. The molecule has 1 atom stereocenters. The van der Waals surface area contributed by atoms with Gasteiger partial charge in [0.2, 0.25) is 16.0 Å². The average Bonchev–Trinajstić information content (AvgIpc) is 3.08. The van der Waals surface area contributed by atoms with Crippen LogP contribution in [0.1, 0.15) is 37.7 Å². The van der Waals surface area contributed by atoms with Gasteiger partial charge in [0.15, 0.2) is 5.76 Å². The van der Waals surface area contributed by atoms with Gasteiger partial charge in [-0.25, -0.2) is 9.79 Å². The number of carbonyl (C=O) groups is 1. The second-order valence-corrected chi connectivity index (χ2v) is 6.71. The van der Waals surface area contributed by atoms with Gasteiger partial charge in [0.1, 0.15) is 0 Å². The zero-order valence-electron chi connectivity index (χ0n) is 16.0. The lowest BCUT2D eigenvalue weighted by atomic mass is 10.2. The fraction of sp³-hybridized carbons (Fsp3) is 0.353. The first-order valence-electron chi connectivity index (χ1n) is 8.45. The van der Waals surface area contributed by atoms with Crippen LogP contribution in [0.3, 0.4) is 0 Å². The van der Waals surface area contributed by atoms with Crippen LogP contribution in [0.15, 0.2) is 32.5 Å². The number of hydrogen-bond acceptors (Lipinski definition) is 10. The Bertz CT molecular complexity index is 949. The second kappa shape index (κ2) is 9.65. The molecule has 0 bridgehead atoms. The Hall–Kier alpha value is -3.21. The van der Waals surface area contributed by atoms with E-state index in [1.165, 1.54) is 19.4 Å². The Morgan fingerprint density at radius 2 is 2.25 bits per heavy atom. The average molecular weight is 406 g/mol. The predicted molar refractivity (Wildman–Crippen MR) is 109 cm³/mol. The van der Waals surface area contributed by atoms with E-state index >= 15 is 0 Å². The van der Waals surface area contributed by atoms with Gasteiger partial charge < -0.3 is 20.2 Å². The number of aliphatic imine (C=N–C) groups is 1. The Kier molecular flexibility index (Phi) is 7.27. The number of nitrogens with zero attached hydrogens (tertiary/aromatic N) is 3. The van der Waals surface area contributed by atoms with Gasteiger partial charge in [0, 0.05) is 17.8 Å². The summed E-state index contributed by atoms with van der Waals surface area (Å²) in [7, 11) is 1.36. The van der Waals surface area contributed by atoms with E-state index in [1.54, 1.807) is 13.0 Å². The highest BCUT2D eigenvalue weighted by Gasteiger charge is 2.19. The molecule has 0 fully saturated rings. The van der Waals surface area contributed by atoms with Crippen LogP contribution in [0.2, 0.25) is 0 Å². The summed E-state index contributed by atoms with van der Waals surface area (Å²) in [5.41, 5.74) is 5.56. The van der Waals surface area contributed by atoms with Crippen molar-refractivity contribution in [3.63, 3.8) is 0 Å². The molecule has 2 rings (SSSR count). The minimum Gasteiger partial charge on any atom is -0.488 e. The second-order valence-electron chi connectivity index (χ2n) is 5.75. The molecule has 0 aromatic carbocycles. The summed E-state index contributed by atoms with van der Waals surface area (Å²) in [6.07, 6.45) is 3.79. The first-order chi connectivity index (χ1) is 13.4. The van der Waals surface area contributed by atoms with Gasteiger partial charge in [-0.15, -0.1) is 10.2 Å². The third-order valence-electron chi connectivity index (χ3n) is 3.59. The Morgan fingerprint density at radius 3 is 2.89 bits per heavy atom. The summed E-state index contributed by atoms with van der Waals surface area (Å²) >= 11 is 1.06. The quantitative estimate of drug-likeness (QED) is 0.567. The molecule has 0 aliphatic heterocycles. The molecule has 0 radical (unpaired) electrons. The highest BCUT2D eigenvalue weighted by molar-refractivity contribution is 7.18. The standard InChI is InChI=1S/C17H22N6O4S/c1-5-9(2)19-11-8-12(27-15(25)13(11)26-4)14(24)21-17-23-22-16(28-17)20-10(3)6-7-18/h6-9,19H,5,18H2,1-4H3,(H,21,23,24)/t9-/m1/s1. The summed E-state index contributed by atoms with van der Waals surface area (Å²) in [6, 6.07) is 1.49. The molecular weight excluding hydrogens is 384 g/mol. The Labute approximate surface area is 165 Å². The number of carbonyl (C=O) groups excluding carboxylic acids is 1. The van der Waals surface area contributed by atoms with Crippen molar-refractivity contribution in [3.05, 3.63) is 34.5 Å². The van der Waals surface area contributed by atoms with Crippen molar-refractivity contribution < 1.29 is 13.9 Å². The number of amides is 1. The number of nitrogens with one attached hydrogen (secondary N) is 2. The van der Waals surface area contributed by atoms with Crippen molar-refractivity contribution in [2.75, 3.05) is 17.7 Å². The lowest BCUT2D eigenvalue weighted by Gasteiger charge is -2.15. The van der Waals surface area contributed by atoms with Crippen molar-refractivity contribution >= 4 is 38.9 Å². The largest absolute Gasteiger partial charge is 0.488 e. The van der Waals surface area contributed by atoms with Crippen LogP contribution in [-0.2, 0) is 0 Å². The molecule has 0 saturated heterocycles. The molecule has 0 saturated carbocycles. The number of allylic oxidation sites excluding steroid dienone is 1. The predicted octanol–water partition coefficient (Wildman–Crippen LogP) is 2.53. The topological polar surface area (TPSA) is 145 Å². The van der Waals surface area contributed by atoms with E-state index in [9.17, 15) is 9.59 Å². The first kappa shape index (κ1) is 21.1. The summed E-state index contributed by atoms with van der Waals surface area (Å²) in [5.74, 6) is -0.816. The van der Waals surface area contributed by atoms with Crippen molar-refractivity contribution in [3.8, 4) is 5.75 Å². The Balaban J connectivity index is 2.24. The maximum absolute atomic E-state index is 12.5. The summed E-state index contributed by atoms with van der Waals surface area (Å²) < 4.78 is 10.2. The number of anilines is 2. The van der Waals surface area contributed by atoms with Crippen LogP contribution in [0.25, 0.3) is 0 Å². The molecule has 28 heavy (non-hydrogen) atoms. The van der Waals surface area contributed by atoms with Gasteiger partial charge in [0.25, 0.3) is 5.91 Å². The molecule has 4 N–H and O–H groups in total. The van der Waals surface area contributed by atoms with E-state index in [2.05, 4.69) is 25.8 Å². The number of aromatic nitrogens is 2. The highest BCUT2D eigenvalue weighted by atomic mass is 32.1. The molecule has 2 aromatic heterocycles. The zero-order chi connectivity index (χ0) is 20.7. The lowest BCUT2D eigenvalue weighted by Crippen LogP contribution is -2.20. The van der Waals surface area contributed by atoms with Crippen LogP contribution in [-0.4, -0.2) is 35.0 Å². The third-order valence-corrected chi connectivity index (χ3v) is 4.33. The molecule has 1 amide bonds. The minimum absolute atomic E-state index is 0.00724. The molecule has 0 aliphatic carbocycles. The number of nitrogens with two attached hydrogens (primary N) is 1. The van der Waals surface area contributed by atoms with Crippen LogP contribution in [0, 0.1) is 0 Å². The number of rotatable bonds is 8. The van der Waals surface area contributed by atoms with E-state index in [0.29, 0.717) is 16.5 Å². The zero-order valence-corrected chi connectivity index (χ0v) is 16.8. The molecule has 10 nitrogen and oxygen atoms in total. The normalized spacial score (nSPS) is 12.8. The van der Waals surface area contributed by atoms with Crippen LogP contribution < -0.4 is 26.7 Å². The maximum atomic E-state index is 12.5. The lowest BCUT2D eigenvalue weighted by molar-refractivity contribution is 0.0991. The maximum Gasteiger partial charge on any atom is 0.381 e. The monoisotopic (exact) mass is 406 g/mol. The SMILES string of the molecule is CC[C@@H](C)Nc1cc(C(=O)Nc2nnc(N=C(C)C=CN)s2)oc(=O)c1OC. The fourth-order valence-corrected chi connectivity index (χ4v) is 2.73. The summed E-state index contributed by atoms with van der Waals surface area (Å²) in [5, 5.41) is 13.9. The molecule has 2 heterocycles. The van der Waals surface area contributed by atoms with E-state index < -0.39 is 11.5 Å². The molecule has 0 spiro atoms. The van der Waals surface area contributed by atoms with Crippen molar-refractivity contribution in [1.82, 2.24) is 10.2 Å². The highest BCUT2D eigenvalue weighted by Crippen LogP contribution is 2.25. The van der Waals surface area contributed by atoms with Crippen LogP contribution in [0.4, 0.5) is 16.0 Å². The molecule has 150 valence electrons. The van der Waals surface area contributed by atoms with Gasteiger partial charge in [-0.3, -0.25) is 10.1 Å². The molecule has 11 heteroatoms. The van der Waals surface area contributed by atoms with Crippen molar-refractivity contribution in [1.29, 1.82) is 0 Å². The molecular formula is C17H22N6O4S. The van der Waals surface area contributed by atoms with Gasteiger partial charge in [-0.1, -0.05) is 18.3 Å². The first-order valence-corrected chi connectivity index (χ1v) is 9.26. The summed E-state index contributed by atoms with van der Waals surface area (Å²) in [4.78, 5) is 28.8. The minimum atomic E-state index is -0.757. The van der Waals surface area contributed by atoms with E-state index in [0.717, 1.165) is 17.8 Å². The Morgan fingerprint density at radius 1 is 1.50 bits per heavy atom. The van der Waals surface area contributed by atoms with E-state index in [1.807, 2.05) is 13.8 Å². The fourth-order valence-electron chi connectivity index (χ4n) is 2.06. The van der Waals surface area contributed by atoms with Crippen molar-refractivity contribution in [2.45, 2.75) is 33.2 Å². The van der Waals surface area contributed by atoms with Crippen molar-refractivity contribution in [2.24, 2.45) is 10.7 Å². The third kappa shape index (κ3) is 5.39. The number of hydrogen-bond donors (Lipinski definition) is 3. The molecule has 0 aliphatic rings. The van der Waals surface area contributed by atoms with Gasteiger partial charge in [-0.2, -0.15) is 0 Å². The number of ether oxygens (including phenoxy) is 1. The van der Waals surface area contributed by atoms with Gasteiger partial charge >= 0.3 is 5.63 Å². The smallest absolute Gasteiger partial charge is 0.381 e. The molecule has 0 unspecified atom stereocenters. The summed E-state index contributed by atoms with van der Waals surface area (Å²) in [6.45, 7) is 5.68.